The first-order valence-electron chi connectivity index (χ1n) is 7.64. The molecule has 102 valence electrons. The van der Waals surface area contributed by atoms with Crippen molar-refractivity contribution in [3.8, 4) is 0 Å². The molecule has 1 aromatic rings. The van der Waals surface area contributed by atoms with Crippen LogP contribution in [0, 0.1) is 23.6 Å². The maximum absolute atomic E-state index is 13.0. The van der Waals surface area contributed by atoms with Crippen LogP contribution in [-0.4, -0.2) is 0 Å². The highest BCUT2D eigenvalue weighted by atomic mass is 19.1. The van der Waals surface area contributed by atoms with Gasteiger partial charge < -0.3 is 0 Å². The molecule has 0 nitrogen and oxygen atoms in total. The highest BCUT2D eigenvalue weighted by Crippen LogP contribution is 2.47. The predicted octanol–water partition coefficient (Wildman–Crippen LogP) is 5.31. The molecule has 0 aromatic heterocycles. The Hall–Kier alpha value is -1.11. The molecule has 1 heteroatoms. The largest absolute Gasteiger partial charge is 0.207 e. The van der Waals surface area contributed by atoms with Crippen molar-refractivity contribution in [2.24, 2.45) is 17.8 Å². The molecular weight excluding hydrogens is 235 g/mol. The summed E-state index contributed by atoms with van der Waals surface area (Å²) in [5, 5.41) is 0. The van der Waals surface area contributed by atoms with E-state index in [2.05, 4.69) is 12.7 Å². The van der Waals surface area contributed by atoms with E-state index in [-0.39, 0.29) is 5.82 Å². The summed E-state index contributed by atoms with van der Waals surface area (Å²) in [4.78, 5) is 0. The molecule has 1 aromatic carbocycles. The number of fused-ring (bicyclic) bond motifs is 1. The Morgan fingerprint density at radius 2 is 1.63 bits per heavy atom. The minimum absolute atomic E-state index is 0.121. The maximum Gasteiger partial charge on any atom is 0.123 e. The Labute approximate surface area is 115 Å². The molecule has 0 N–H and O–H groups in total. The van der Waals surface area contributed by atoms with Crippen molar-refractivity contribution < 1.29 is 4.39 Å². The lowest BCUT2D eigenvalue weighted by Crippen LogP contribution is -2.29. The summed E-state index contributed by atoms with van der Waals surface area (Å²) in [6, 6.07) is 7.18. The standard InChI is InChI=1S/C18H23F/c1-2-13-3-4-17-12-16(6-5-15(17)11-13)14-7-9-18(19)10-8-14/h2,7-10,13,15-17H,1,3-6,11-12H2. The molecule has 2 saturated carbocycles. The van der Waals surface area contributed by atoms with E-state index in [1.807, 2.05) is 12.1 Å². The third-order valence-electron chi connectivity index (χ3n) is 5.33. The zero-order valence-electron chi connectivity index (χ0n) is 11.5. The van der Waals surface area contributed by atoms with Crippen molar-refractivity contribution in [2.45, 2.75) is 44.4 Å². The molecular formula is C18H23F. The minimum atomic E-state index is -0.121. The van der Waals surface area contributed by atoms with Crippen molar-refractivity contribution in [3.05, 3.63) is 48.3 Å². The second kappa shape index (κ2) is 5.48. The van der Waals surface area contributed by atoms with Crippen molar-refractivity contribution in [1.82, 2.24) is 0 Å². The Kier molecular flexibility index (Phi) is 3.72. The smallest absolute Gasteiger partial charge is 0.123 e. The molecule has 2 aliphatic rings. The molecule has 19 heavy (non-hydrogen) atoms. The SMILES string of the molecule is C=CC1CCC2CC(c3ccc(F)cc3)CCC2C1. The molecule has 0 radical (unpaired) electrons. The number of benzene rings is 1. The third-order valence-corrected chi connectivity index (χ3v) is 5.33. The fraction of sp³-hybridized carbons (Fsp3) is 0.556. The molecule has 2 fully saturated rings. The van der Waals surface area contributed by atoms with Crippen LogP contribution >= 0.6 is 0 Å². The Morgan fingerprint density at radius 1 is 0.947 bits per heavy atom. The van der Waals surface area contributed by atoms with Crippen LogP contribution in [0.3, 0.4) is 0 Å². The van der Waals surface area contributed by atoms with Crippen LogP contribution < -0.4 is 0 Å². The Balaban J connectivity index is 1.66. The predicted molar refractivity (Wildman–Crippen MR) is 77.5 cm³/mol. The summed E-state index contributed by atoms with van der Waals surface area (Å²) >= 11 is 0. The van der Waals surface area contributed by atoms with Gasteiger partial charge in [-0.15, -0.1) is 6.58 Å². The van der Waals surface area contributed by atoms with Gasteiger partial charge in [-0.25, -0.2) is 4.39 Å². The third kappa shape index (κ3) is 2.75. The monoisotopic (exact) mass is 258 g/mol. The summed E-state index contributed by atoms with van der Waals surface area (Å²) in [6.07, 6.45) is 10.1. The summed E-state index contributed by atoms with van der Waals surface area (Å²) in [7, 11) is 0. The summed E-state index contributed by atoms with van der Waals surface area (Å²) in [6.45, 7) is 3.96. The Bertz CT molecular complexity index is 434. The van der Waals surface area contributed by atoms with Crippen molar-refractivity contribution >= 4 is 0 Å². The van der Waals surface area contributed by atoms with Gasteiger partial charge >= 0.3 is 0 Å². The van der Waals surface area contributed by atoms with Crippen LogP contribution in [0.25, 0.3) is 0 Å². The number of halogens is 1. The van der Waals surface area contributed by atoms with E-state index >= 15 is 0 Å². The van der Waals surface area contributed by atoms with Crippen LogP contribution in [0.4, 0.5) is 4.39 Å². The van der Waals surface area contributed by atoms with Gasteiger partial charge in [0.2, 0.25) is 0 Å². The van der Waals surface area contributed by atoms with Crippen molar-refractivity contribution in [2.75, 3.05) is 0 Å². The van der Waals surface area contributed by atoms with Crippen LogP contribution in [0.2, 0.25) is 0 Å². The minimum Gasteiger partial charge on any atom is -0.207 e. The number of hydrogen-bond acceptors (Lipinski definition) is 0. The average molecular weight is 258 g/mol. The van der Waals surface area contributed by atoms with Gasteiger partial charge in [-0.1, -0.05) is 18.2 Å². The normalized spacial score (nSPS) is 34.6. The van der Waals surface area contributed by atoms with Gasteiger partial charge in [-0.2, -0.15) is 0 Å². The second-order valence-corrected chi connectivity index (χ2v) is 6.39. The van der Waals surface area contributed by atoms with Crippen molar-refractivity contribution in [3.63, 3.8) is 0 Å². The summed E-state index contributed by atoms with van der Waals surface area (Å²) in [5.74, 6) is 3.09. The maximum atomic E-state index is 13.0. The summed E-state index contributed by atoms with van der Waals surface area (Å²) in [5.41, 5.74) is 1.34. The molecule has 0 heterocycles. The van der Waals surface area contributed by atoms with E-state index in [0.29, 0.717) is 5.92 Å². The molecule has 0 saturated heterocycles. The van der Waals surface area contributed by atoms with Gasteiger partial charge in [-0.3, -0.25) is 0 Å². The highest BCUT2D eigenvalue weighted by Gasteiger charge is 2.35. The van der Waals surface area contributed by atoms with Gasteiger partial charge in [0, 0.05) is 0 Å². The number of allylic oxidation sites excluding steroid dienone is 1. The van der Waals surface area contributed by atoms with Crippen LogP contribution in [0.15, 0.2) is 36.9 Å². The van der Waals surface area contributed by atoms with Crippen molar-refractivity contribution in [1.29, 1.82) is 0 Å². The van der Waals surface area contributed by atoms with Gasteiger partial charge in [0.15, 0.2) is 0 Å². The van der Waals surface area contributed by atoms with Gasteiger partial charge in [0.05, 0.1) is 0 Å². The first kappa shape index (κ1) is 12.9. The van der Waals surface area contributed by atoms with Gasteiger partial charge in [0.25, 0.3) is 0 Å². The first-order chi connectivity index (χ1) is 9.26. The molecule has 0 spiro atoms. The van der Waals surface area contributed by atoms with E-state index in [9.17, 15) is 4.39 Å². The van der Waals surface area contributed by atoms with E-state index in [0.717, 1.165) is 17.8 Å². The van der Waals surface area contributed by atoms with Crippen LogP contribution in [-0.2, 0) is 0 Å². The van der Waals surface area contributed by atoms with Crippen LogP contribution in [0.1, 0.15) is 50.0 Å². The molecule has 4 unspecified atom stereocenters. The zero-order chi connectivity index (χ0) is 13.2. The lowest BCUT2D eigenvalue weighted by Gasteiger charge is -2.41. The fourth-order valence-electron chi connectivity index (χ4n) is 4.18. The quantitative estimate of drug-likeness (QED) is 0.630. The lowest BCUT2D eigenvalue weighted by atomic mass is 9.64. The average Bonchev–Trinajstić information content (AvgIpc) is 2.47. The second-order valence-electron chi connectivity index (χ2n) is 6.39. The zero-order valence-corrected chi connectivity index (χ0v) is 11.5. The number of rotatable bonds is 2. The van der Waals surface area contributed by atoms with E-state index in [1.54, 1.807) is 12.1 Å². The molecule has 3 rings (SSSR count). The molecule has 0 aliphatic heterocycles. The van der Waals surface area contributed by atoms with E-state index in [4.69, 9.17) is 0 Å². The lowest BCUT2D eigenvalue weighted by molar-refractivity contribution is 0.133. The topological polar surface area (TPSA) is 0 Å². The van der Waals surface area contributed by atoms with E-state index in [1.165, 1.54) is 44.1 Å². The molecule has 2 aliphatic carbocycles. The fourth-order valence-corrected chi connectivity index (χ4v) is 4.18. The molecule has 4 atom stereocenters. The molecule has 0 bridgehead atoms. The van der Waals surface area contributed by atoms with Gasteiger partial charge in [-0.05, 0) is 79.9 Å². The molecule has 0 amide bonds. The Morgan fingerprint density at radius 3 is 2.37 bits per heavy atom. The number of hydrogen-bond donors (Lipinski definition) is 0. The van der Waals surface area contributed by atoms with Crippen LogP contribution in [0.5, 0.6) is 0 Å². The first-order valence-corrected chi connectivity index (χ1v) is 7.64. The summed E-state index contributed by atoms with van der Waals surface area (Å²) < 4.78 is 13.0. The van der Waals surface area contributed by atoms with E-state index < -0.39 is 0 Å². The van der Waals surface area contributed by atoms with Gasteiger partial charge in [0.1, 0.15) is 5.82 Å². The highest BCUT2D eigenvalue weighted by molar-refractivity contribution is 5.21.